The fourth-order valence-electron chi connectivity index (χ4n) is 8.45. The summed E-state index contributed by atoms with van der Waals surface area (Å²) in [7, 11) is 2.18. The van der Waals surface area contributed by atoms with Crippen molar-refractivity contribution in [3.63, 3.8) is 0 Å². The quantitative estimate of drug-likeness (QED) is 0.114. The van der Waals surface area contributed by atoms with Crippen molar-refractivity contribution in [3.8, 4) is 22.9 Å². The van der Waals surface area contributed by atoms with Gasteiger partial charge in [0.05, 0.1) is 46.6 Å². The number of esters is 1. The molecule has 2 fully saturated rings. The first-order valence-electron chi connectivity index (χ1n) is 22.0. The van der Waals surface area contributed by atoms with Crippen LogP contribution >= 0.6 is 23.2 Å². The Morgan fingerprint density at radius 1 is 0.891 bits per heavy atom. The van der Waals surface area contributed by atoms with Gasteiger partial charge >= 0.3 is 5.97 Å². The standard InChI is InChI=1S/C50H59Cl2N7O5/c1-48(2,3)63-32-42(47(61)64-49(4,5)6)55-28-35-23-41(51)36(24-44(35)62-31-34-22-33(25-53)26-54-27-34)30-59-43-13-9-10-37(40(43)29-56-59)38-11-8-12-39(45(38)52)46(60)58-20-16-50(17-21-58)14-18-57(7)19-15-50/h8-13,22-24,26-27,29,42,55H,14-21,28,30-32H2,1-7H3/t42-/m0/s1. The van der Waals surface area contributed by atoms with Gasteiger partial charge in [-0.25, -0.2) is 0 Å². The number of benzene rings is 3. The number of piperidine rings is 2. The minimum absolute atomic E-state index is 0.0311. The summed E-state index contributed by atoms with van der Waals surface area (Å²) < 4.78 is 20.1. The van der Waals surface area contributed by atoms with Crippen LogP contribution in [0.4, 0.5) is 0 Å². The third-order valence-electron chi connectivity index (χ3n) is 12.1. The number of carbonyl (C=O) groups excluding carboxylic acids is 2. The van der Waals surface area contributed by atoms with Crippen LogP contribution < -0.4 is 10.1 Å². The number of amides is 1. The average molecular weight is 909 g/mol. The molecule has 12 nitrogen and oxygen atoms in total. The fraction of sp³-hybridized carbons (Fsp3) is 0.460. The van der Waals surface area contributed by atoms with Gasteiger partial charge in [0.1, 0.15) is 30.1 Å². The van der Waals surface area contributed by atoms with E-state index in [1.807, 2.05) is 106 Å². The number of hydrogen-bond donors (Lipinski definition) is 1. The number of hydrogen-bond acceptors (Lipinski definition) is 10. The lowest BCUT2D eigenvalue weighted by atomic mass is 9.71. The van der Waals surface area contributed by atoms with Gasteiger partial charge in [-0.2, -0.15) is 10.4 Å². The van der Waals surface area contributed by atoms with E-state index in [1.54, 1.807) is 12.3 Å². The van der Waals surface area contributed by atoms with E-state index in [1.165, 1.54) is 19.0 Å². The maximum absolute atomic E-state index is 14.0. The molecule has 0 aliphatic carbocycles. The predicted octanol–water partition coefficient (Wildman–Crippen LogP) is 9.47. The van der Waals surface area contributed by atoms with Gasteiger partial charge in [-0.1, -0.05) is 47.5 Å². The van der Waals surface area contributed by atoms with Crippen molar-refractivity contribution in [1.29, 1.82) is 5.26 Å². The van der Waals surface area contributed by atoms with Crippen LogP contribution in [0.25, 0.3) is 22.0 Å². The van der Waals surface area contributed by atoms with E-state index in [2.05, 4.69) is 28.3 Å². The van der Waals surface area contributed by atoms with Gasteiger partial charge in [-0.3, -0.25) is 24.6 Å². The number of nitriles is 1. The molecule has 2 aliphatic heterocycles. The summed E-state index contributed by atoms with van der Waals surface area (Å²) in [6.07, 6.45) is 9.39. The smallest absolute Gasteiger partial charge is 0.326 e. The molecule has 1 amide bonds. The van der Waals surface area contributed by atoms with Crippen LogP contribution in [0.15, 0.2) is 73.2 Å². The number of carbonyl (C=O) groups is 2. The molecule has 338 valence electrons. The predicted molar refractivity (Wildman–Crippen MR) is 250 cm³/mol. The molecule has 1 atom stereocenters. The van der Waals surface area contributed by atoms with E-state index in [-0.39, 0.29) is 25.7 Å². The molecule has 0 saturated carbocycles. The number of ether oxygens (including phenoxy) is 3. The normalized spacial score (nSPS) is 16.2. The van der Waals surface area contributed by atoms with Crippen molar-refractivity contribution in [2.45, 2.75) is 104 Å². The summed E-state index contributed by atoms with van der Waals surface area (Å²) in [5.74, 6) is 0.0553. The Labute approximate surface area is 386 Å². The Balaban J connectivity index is 1.14. The Morgan fingerprint density at radius 2 is 1.59 bits per heavy atom. The van der Waals surface area contributed by atoms with Crippen LogP contribution in [0.1, 0.15) is 99.8 Å². The Hall–Kier alpha value is -5.03. The molecule has 2 aliphatic rings. The van der Waals surface area contributed by atoms with Gasteiger partial charge in [0.25, 0.3) is 5.91 Å². The van der Waals surface area contributed by atoms with Crippen molar-refractivity contribution >= 4 is 46.0 Å². The van der Waals surface area contributed by atoms with E-state index in [0.717, 1.165) is 66.6 Å². The lowest BCUT2D eigenvalue weighted by molar-refractivity contribution is -0.160. The Bertz CT molecular complexity index is 2520. The van der Waals surface area contributed by atoms with Crippen LogP contribution in [0.5, 0.6) is 5.75 Å². The topological polar surface area (TPSA) is 135 Å². The summed E-state index contributed by atoms with van der Waals surface area (Å²) >= 11 is 14.2. The molecule has 4 heterocycles. The Kier molecular flexibility index (Phi) is 14.4. The van der Waals surface area contributed by atoms with Crippen molar-refractivity contribution in [1.82, 2.24) is 29.9 Å². The molecule has 3 aromatic carbocycles. The van der Waals surface area contributed by atoms with E-state index in [0.29, 0.717) is 50.0 Å². The lowest BCUT2D eigenvalue weighted by Crippen LogP contribution is -2.47. The van der Waals surface area contributed by atoms with E-state index < -0.39 is 23.2 Å². The number of aromatic nitrogens is 3. The van der Waals surface area contributed by atoms with Gasteiger partial charge in [0.2, 0.25) is 0 Å². The molecular weight excluding hydrogens is 849 g/mol. The zero-order valence-electron chi connectivity index (χ0n) is 38.0. The van der Waals surface area contributed by atoms with Gasteiger partial charge in [0, 0.05) is 59.1 Å². The molecular formula is C50H59Cl2N7O5. The third-order valence-corrected chi connectivity index (χ3v) is 12.9. The summed E-state index contributed by atoms with van der Waals surface area (Å²) in [5.41, 5.74) is 4.73. The molecule has 1 N–H and O–H groups in total. The van der Waals surface area contributed by atoms with Gasteiger partial charge < -0.3 is 24.0 Å². The van der Waals surface area contributed by atoms with Crippen molar-refractivity contribution in [2.24, 2.45) is 5.41 Å². The van der Waals surface area contributed by atoms with Crippen LogP contribution in [0.3, 0.4) is 0 Å². The molecule has 7 rings (SSSR count). The highest BCUT2D eigenvalue weighted by molar-refractivity contribution is 6.37. The maximum atomic E-state index is 14.0. The number of nitrogens with zero attached hydrogens (tertiary/aromatic N) is 6. The second kappa shape index (κ2) is 19.6. The lowest BCUT2D eigenvalue weighted by Gasteiger charge is -2.46. The van der Waals surface area contributed by atoms with Gasteiger partial charge in [-0.05, 0) is 134 Å². The van der Waals surface area contributed by atoms with E-state index in [9.17, 15) is 14.9 Å². The van der Waals surface area contributed by atoms with E-state index in [4.69, 9.17) is 42.5 Å². The second-order valence-electron chi connectivity index (χ2n) is 19.2. The second-order valence-corrected chi connectivity index (χ2v) is 20.0. The first kappa shape index (κ1) is 46.9. The number of halogens is 2. The fourth-order valence-corrected chi connectivity index (χ4v) is 9.00. The first-order chi connectivity index (χ1) is 30.4. The Morgan fingerprint density at radius 3 is 2.30 bits per heavy atom. The van der Waals surface area contributed by atoms with E-state index >= 15 is 0 Å². The SMILES string of the molecule is CN1CCC2(CC1)CCN(C(=O)c1cccc(-c3cccc4c3cnn4Cc3cc(OCc4cncc(C#N)c4)c(CN[C@@H](COC(C)(C)C)C(=O)OC(C)(C)C)cc3Cl)c1Cl)CC2. The number of nitrogens with one attached hydrogen (secondary N) is 1. The molecule has 64 heavy (non-hydrogen) atoms. The third kappa shape index (κ3) is 11.4. The summed E-state index contributed by atoms with van der Waals surface area (Å²) in [6.45, 7) is 15.7. The largest absolute Gasteiger partial charge is 0.489 e. The molecule has 0 radical (unpaired) electrons. The first-order valence-corrected chi connectivity index (χ1v) is 22.8. The molecule has 2 aromatic heterocycles. The number of fused-ring (bicyclic) bond motifs is 1. The molecule has 1 spiro atoms. The average Bonchev–Trinajstić information content (AvgIpc) is 3.67. The van der Waals surface area contributed by atoms with Crippen molar-refractivity contribution in [2.75, 3.05) is 39.8 Å². The molecule has 0 bridgehead atoms. The summed E-state index contributed by atoms with van der Waals surface area (Å²) in [5, 5.41) is 19.4. The van der Waals surface area contributed by atoms with Gasteiger partial charge in [0.15, 0.2) is 0 Å². The number of pyridine rings is 1. The highest BCUT2D eigenvalue weighted by Crippen LogP contribution is 2.42. The van der Waals surface area contributed by atoms with Crippen LogP contribution in [-0.4, -0.2) is 93.5 Å². The summed E-state index contributed by atoms with van der Waals surface area (Å²) in [6, 6.07) is 18.4. The highest BCUT2D eigenvalue weighted by atomic mass is 35.5. The molecule has 2 saturated heterocycles. The monoisotopic (exact) mass is 907 g/mol. The zero-order valence-corrected chi connectivity index (χ0v) is 39.5. The number of rotatable bonds is 13. The maximum Gasteiger partial charge on any atom is 0.326 e. The number of likely N-dealkylation sites (tertiary alicyclic amines) is 2. The minimum atomic E-state index is -0.778. The minimum Gasteiger partial charge on any atom is -0.489 e. The molecule has 14 heteroatoms. The summed E-state index contributed by atoms with van der Waals surface area (Å²) in [4.78, 5) is 35.9. The van der Waals surface area contributed by atoms with Crippen LogP contribution in [0, 0.1) is 16.7 Å². The van der Waals surface area contributed by atoms with Crippen molar-refractivity contribution in [3.05, 3.63) is 111 Å². The van der Waals surface area contributed by atoms with Crippen LogP contribution in [-0.2, 0) is 34.0 Å². The molecule has 0 unspecified atom stereocenters. The highest BCUT2D eigenvalue weighted by Gasteiger charge is 2.38. The van der Waals surface area contributed by atoms with Crippen LogP contribution in [0.2, 0.25) is 10.0 Å². The van der Waals surface area contributed by atoms with Gasteiger partial charge in [-0.15, -0.1) is 0 Å². The molecule has 5 aromatic rings. The van der Waals surface area contributed by atoms with Crippen molar-refractivity contribution < 1.29 is 23.8 Å². The zero-order chi connectivity index (χ0) is 45.8.